The summed E-state index contributed by atoms with van der Waals surface area (Å²) >= 11 is 5.93. The van der Waals surface area contributed by atoms with Gasteiger partial charge in [-0.05, 0) is 18.2 Å². The first kappa shape index (κ1) is 13.4. The average molecular weight is 280 g/mol. The van der Waals surface area contributed by atoms with Crippen molar-refractivity contribution >= 4 is 23.2 Å². The summed E-state index contributed by atoms with van der Waals surface area (Å²) in [4.78, 5) is 12.2. The van der Waals surface area contributed by atoms with E-state index < -0.39 is 0 Å². The fraction of sp³-hybridized carbons (Fsp3) is 0.231. The lowest BCUT2D eigenvalue weighted by molar-refractivity contribution is 0.0993. The van der Waals surface area contributed by atoms with E-state index in [1.165, 1.54) is 10.9 Å². The second-order valence-corrected chi connectivity index (χ2v) is 4.56. The van der Waals surface area contributed by atoms with Gasteiger partial charge in [0.2, 0.25) is 0 Å². The number of carbonyl (C=O) groups excluding carboxylic acids is 1. The number of carbonyl (C=O) groups is 1. The van der Waals surface area contributed by atoms with Gasteiger partial charge in [-0.2, -0.15) is 5.10 Å². The lowest BCUT2D eigenvalue weighted by atomic mass is 10.0. The van der Waals surface area contributed by atoms with Crippen LogP contribution in [0.5, 0.6) is 5.75 Å². The number of ketones is 1. The molecule has 0 aliphatic carbocycles. The molecule has 5 nitrogen and oxygen atoms in total. The molecule has 0 fully saturated rings. The Kier molecular flexibility index (Phi) is 3.76. The Morgan fingerprint density at radius 1 is 1.53 bits per heavy atom. The molecule has 0 saturated heterocycles. The molecule has 0 amide bonds. The van der Waals surface area contributed by atoms with Gasteiger partial charge in [-0.3, -0.25) is 9.48 Å². The van der Waals surface area contributed by atoms with Crippen molar-refractivity contribution < 1.29 is 9.53 Å². The number of aromatic nitrogens is 2. The van der Waals surface area contributed by atoms with Crippen LogP contribution in [0, 0.1) is 0 Å². The number of nitrogen functional groups attached to an aromatic ring is 1. The number of methoxy groups -OCH3 is 1. The molecule has 1 aromatic heterocycles. The topological polar surface area (TPSA) is 70.1 Å². The van der Waals surface area contributed by atoms with E-state index in [4.69, 9.17) is 22.1 Å². The van der Waals surface area contributed by atoms with Crippen LogP contribution in [-0.2, 0) is 13.5 Å². The Hall–Kier alpha value is -2.01. The lowest BCUT2D eigenvalue weighted by Crippen LogP contribution is -2.08. The number of hydrogen-bond donors (Lipinski definition) is 1. The van der Waals surface area contributed by atoms with Gasteiger partial charge in [0.1, 0.15) is 11.6 Å². The van der Waals surface area contributed by atoms with Crippen LogP contribution in [0.1, 0.15) is 15.9 Å². The molecule has 2 rings (SSSR count). The van der Waals surface area contributed by atoms with Crippen molar-refractivity contribution in [2.45, 2.75) is 6.42 Å². The zero-order valence-corrected chi connectivity index (χ0v) is 11.4. The predicted octanol–water partition coefficient (Wildman–Crippen LogP) is 2.09. The second-order valence-electron chi connectivity index (χ2n) is 4.12. The van der Waals surface area contributed by atoms with Crippen molar-refractivity contribution in [3.05, 3.63) is 40.5 Å². The summed E-state index contributed by atoms with van der Waals surface area (Å²) in [6.45, 7) is 0. The lowest BCUT2D eigenvalue weighted by Gasteiger charge is -2.08. The maximum Gasteiger partial charge on any atom is 0.172 e. The maximum absolute atomic E-state index is 12.2. The standard InChI is InChI=1S/C13H14ClN3O2/c1-17-13(15)10(7-16-17)11(18)6-8-5-9(14)3-4-12(8)19-2/h3-5,7H,6,15H2,1-2H3. The van der Waals surface area contributed by atoms with Gasteiger partial charge in [0.25, 0.3) is 0 Å². The quantitative estimate of drug-likeness (QED) is 0.870. The van der Waals surface area contributed by atoms with Gasteiger partial charge in [0, 0.05) is 24.1 Å². The van der Waals surface area contributed by atoms with Crippen LogP contribution in [0.2, 0.25) is 5.02 Å². The largest absolute Gasteiger partial charge is 0.496 e. The fourth-order valence-electron chi connectivity index (χ4n) is 1.82. The van der Waals surface area contributed by atoms with E-state index >= 15 is 0 Å². The van der Waals surface area contributed by atoms with Crippen molar-refractivity contribution in [3.8, 4) is 5.75 Å². The fourth-order valence-corrected chi connectivity index (χ4v) is 2.01. The maximum atomic E-state index is 12.2. The van der Waals surface area contributed by atoms with Gasteiger partial charge in [0.15, 0.2) is 5.78 Å². The van der Waals surface area contributed by atoms with Crippen LogP contribution in [-0.4, -0.2) is 22.7 Å². The first-order chi connectivity index (χ1) is 9.02. The Labute approximate surface area is 115 Å². The first-order valence-corrected chi connectivity index (χ1v) is 6.03. The molecule has 0 unspecified atom stereocenters. The van der Waals surface area contributed by atoms with E-state index in [1.807, 2.05) is 0 Å². The van der Waals surface area contributed by atoms with E-state index in [2.05, 4.69) is 5.10 Å². The molecule has 100 valence electrons. The number of Topliss-reactive ketones (excluding diaryl/α,β-unsaturated/α-hetero) is 1. The van der Waals surface area contributed by atoms with Crippen molar-refractivity contribution in [1.82, 2.24) is 9.78 Å². The number of benzene rings is 1. The van der Waals surface area contributed by atoms with Crippen LogP contribution < -0.4 is 10.5 Å². The molecule has 2 N–H and O–H groups in total. The smallest absolute Gasteiger partial charge is 0.172 e. The Morgan fingerprint density at radius 2 is 2.26 bits per heavy atom. The summed E-state index contributed by atoms with van der Waals surface area (Å²) in [6.07, 6.45) is 1.63. The van der Waals surface area contributed by atoms with Crippen LogP contribution in [0.4, 0.5) is 5.82 Å². The molecular formula is C13H14ClN3O2. The number of hydrogen-bond acceptors (Lipinski definition) is 4. The third kappa shape index (κ3) is 2.71. The molecule has 0 aliphatic heterocycles. The molecule has 0 spiro atoms. The van der Waals surface area contributed by atoms with Crippen molar-refractivity contribution in [1.29, 1.82) is 0 Å². The van der Waals surface area contributed by atoms with Crippen LogP contribution in [0.3, 0.4) is 0 Å². The summed E-state index contributed by atoms with van der Waals surface area (Å²) < 4.78 is 6.67. The SMILES string of the molecule is COc1ccc(Cl)cc1CC(=O)c1cnn(C)c1N. The highest BCUT2D eigenvalue weighted by atomic mass is 35.5. The number of nitrogens with zero attached hydrogens (tertiary/aromatic N) is 2. The summed E-state index contributed by atoms with van der Waals surface area (Å²) in [5.41, 5.74) is 6.91. The molecule has 19 heavy (non-hydrogen) atoms. The molecule has 2 aromatic rings. The highest BCUT2D eigenvalue weighted by molar-refractivity contribution is 6.30. The molecular weight excluding hydrogens is 266 g/mol. The predicted molar refractivity (Wildman–Crippen MR) is 73.7 cm³/mol. The number of anilines is 1. The number of rotatable bonds is 4. The summed E-state index contributed by atoms with van der Waals surface area (Å²) in [5.74, 6) is 0.859. The Bertz CT molecular complexity index is 622. The minimum Gasteiger partial charge on any atom is -0.496 e. The van der Waals surface area contributed by atoms with Crippen LogP contribution >= 0.6 is 11.6 Å². The molecule has 0 saturated carbocycles. The molecule has 1 aromatic carbocycles. The minimum absolute atomic E-state index is 0.119. The van der Waals surface area contributed by atoms with Gasteiger partial charge in [-0.15, -0.1) is 0 Å². The van der Waals surface area contributed by atoms with E-state index in [0.717, 1.165) is 5.56 Å². The monoisotopic (exact) mass is 279 g/mol. The number of ether oxygens (including phenoxy) is 1. The van der Waals surface area contributed by atoms with E-state index in [1.54, 1.807) is 32.4 Å². The molecule has 0 atom stereocenters. The molecule has 0 radical (unpaired) electrons. The molecule has 0 bridgehead atoms. The van der Waals surface area contributed by atoms with Gasteiger partial charge in [0.05, 0.1) is 18.9 Å². The zero-order valence-electron chi connectivity index (χ0n) is 10.7. The summed E-state index contributed by atoms with van der Waals surface area (Å²) in [7, 11) is 3.24. The van der Waals surface area contributed by atoms with Gasteiger partial charge in [-0.25, -0.2) is 0 Å². The third-order valence-electron chi connectivity index (χ3n) is 2.88. The molecule has 1 heterocycles. The van der Waals surface area contributed by atoms with Gasteiger partial charge < -0.3 is 10.5 Å². The van der Waals surface area contributed by atoms with E-state index in [0.29, 0.717) is 22.2 Å². The molecule has 0 aliphatic rings. The third-order valence-corrected chi connectivity index (χ3v) is 3.11. The van der Waals surface area contributed by atoms with Crippen LogP contribution in [0.15, 0.2) is 24.4 Å². The second kappa shape index (κ2) is 5.32. The van der Waals surface area contributed by atoms with Gasteiger partial charge >= 0.3 is 0 Å². The Morgan fingerprint density at radius 3 is 2.84 bits per heavy atom. The highest BCUT2D eigenvalue weighted by Gasteiger charge is 2.16. The first-order valence-electron chi connectivity index (χ1n) is 5.66. The molecule has 6 heteroatoms. The zero-order chi connectivity index (χ0) is 14.0. The number of halogens is 1. The van der Waals surface area contributed by atoms with E-state index in [-0.39, 0.29) is 12.2 Å². The van der Waals surface area contributed by atoms with Crippen molar-refractivity contribution in [2.24, 2.45) is 7.05 Å². The average Bonchev–Trinajstić information content (AvgIpc) is 2.70. The van der Waals surface area contributed by atoms with Gasteiger partial charge in [-0.1, -0.05) is 11.6 Å². The number of aryl methyl sites for hydroxylation is 1. The minimum atomic E-state index is -0.119. The van der Waals surface area contributed by atoms with Crippen molar-refractivity contribution in [2.75, 3.05) is 12.8 Å². The Balaban J connectivity index is 2.28. The van der Waals surface area contributed by atoms with Crippen molar-refractivity contribution in [3.63, 3.8) is 0 Å². The summed E-state index contributed by atoms with van der Waals surface area (Å²) in [5, 5.41) is 4.51. The normalized spacial score (nSPS) is 10.5. The number of nitrogens with two attached hydrogens (primary N) is 1. The van der Waals surface area contributed by atoms with E-state index in [9.17, 15) is 4.79 Å². The van der Waals surface area contributed by atoms with Crippen LogP contribution in [0.25, 0.3) is 0 Å². The summed E-state index contributed by atoms with van der Waals surface area (Å²) in [6, 6.07) is 5.16. The highest BCUT2D eigenvalue weighted by Crippen LogP contribution is 2.24.